The van der Waals surface area contributed by atoms with E-state index in [1.807, 2.05) is 0 Å². The lowest BCUT2D eigenvalue weighted by molar-refractivity contribution is -0.145. The molecule has 2 aromatic carbocycles. The van der Waals surface area contributed by atoms with E-state index in [1.165, 1.54) is 13.2 Å². The van der Waals surface area contributed by atoms with Gasteiger partial charge in [0.2, 0.25) is 0 Å². The lowest BCUT2D eigenvalue weighted by Crippen LogP contribution is -2.26. The summed E-state index contributed by atoms with van der Waals surface area (Å²) in [5, 5.41) is 10.0. The second-order valence-electron chi connectivity index (χ2n) is 4.49. The Morgan fingerprint density at radius 1 is 1.19 bits per heavy atom. The van der Waals surface area contributed by atoms with Crippen molar-refractivity contribution in [1.29, 1.82) is 0 Å². The fraction of sp³-hybridized carbons (Fsp3) is 0.250. The molecule has 1 N–H and O–H groups in total. The van der Waals surface area contributed by atoms with E-state index in [9.17, 15) is 9.59 Å². The van der Waals surface area contributed by atoms with Gasteiger partial charge in [-0.15, -0.1) is 0 Å². The molecule has 5 nitrogen and oxygen atoms in total. The molecular weight excluding hydrogens is 272 g/mol. The molecule has 110 valence electrons. The molecule has 0 unspecified atom stereocenters. The van der Waals surface area contributed by atoms with Crippen molar-refractivity contribution in [3.8, 4) is 11.5 Å². The number of aliphatic carboxylic acids is 1. The lowest BCUT2D eigenvalue weighted by atomic mass is 10.1. The summed E-state index contributed by atoms with van der Waals surface area (Å²) in [5.74, 6) is -0.274. The maximum atomic E-state index is 12.2. The van der Waals surface area contributed by atoms with Crippen molar-refractivity contribution in [1.82, 2.24) is 0 Å². The number of hydrogen-bond acceptors (Lipinski definition) is 4. The number of hydrogen-bond donors (Lipinski definition) is 1. The minimum Gasteiger partial charge on any atom is -0.496 e. The van der Waals surface area contributed by atoms with E-state index in [1.54, 1.807) is 37.3 Å². The van der Waals surface area contributed by atoms with Crippen LogP contribution < -0.4 is 14.9 Å². The Morgan fingerprint density at radius 2 is 1.86 bits per heavy atom. The van der Waals surface area contributed by atoms with E-state index < -0.39 is 12.1 Å². The van der Waals surface area contributed by atoms with Crippen molar-refractivity contribution in [2.45, 2.75) is 19.4 Å². The molecule has 0 spiro atoms. The fourth-order valence-electron chi connectivity index (χ4n) is 2.12. The SMILES string of the molecule is CC[C@H](Oc1ccc(OC)c2ccccc(=O)c12)C(=O)O. The van der Waals surface area contributed by atoms with E-state index in [0.29, 0.717) is 22.9 Å². The summed E-state index contributed by atoms with van der Waals surface area (Å²) < 4.78 is 10.8. The molecule has 0 aliphatic heterocycles. The van der Waals surface area contributed by atoms with Crippen LogP contribution in [-0.4, -0.2) is 24.3 Å². The normalized spacial score (nSPS) is 11.9. The average molecular weight is 288 g/mol. The molecule has 0 saturated carbocycles. The lowest BCUT2D eigenvalue weighted by Gasteiger charge is -2.15. The van der Waals surface area contributed by atoms with Gasteiger partial charge in [0.1, 0.15) is 11.5 Å². The Morgan fingerprint density at radius 3 is 2.48 bits per heavy atom. The maximum Gasteiger partial charge on any atom is 0.344 e. The summed E-state index contributed by atoms with van der Waals surface area (Å²) >= 11 is 0. The van der Waals surface area contributed by atoms with Gasteiger partial charge in [0.05, 0.1) is 12.5 Å². The molecule has 2 aromatic rings. The summed E-state index contributed by atoms with van der Waals surface area (Å²) in [4.78, 5) is 23.3. The standard InChI is InChI=1S/C16H16O5/c1-3-12(16(18)19)21-14-9-8-13(20-2)10-6-4-5-7-11(17)15(10)14/h4-9,12H,3H2,1-2H3,(H,18,19)/t12-/m0/s1. The monoisotopic (exact) mass is 288 g/mol. The van der Waals surface area contributed by atoms with Crippen LogP contribution in [0.5, 0.6) is 11.5 Å². The number of carboxylic acids is 1. The van der Waals surface area contributed by atoms with Crippen LogP contribution in [0, 0.1) is 0 Å². The Balaban J connectivity index is 2.69. The molecule has 0 aliphatic carbocycles. The summed E-state index contributed by atoms with van der Waals surface area (Å²) in [6, 6.07) is 9.73. The van der Waals surface area contributed by atoms with Gasteiger partial charge >= 0.3 is 5.97 Å². The molecule has 5 heteroatoms. The van der Waals surface area contributed by atoms with E-state index in [-0.39, 0.29) is 11.2 Å². The first kappa shape index (κ1) is 14.8. The van der Waals surface area contributed by atoms with Crippen LogP contribution >= 0.6 is 0 Å². The molecule has 0 aromatic heterocycles. The largest absolute Gasteiger partial charge is 0.496 e. The molecule has 0 bridgehead atoms. The van der Waals surface area contributed by atoms with Gasteiger partial charge in [-0.3, -0.25) is 4.79 Å². The van der Waals surface area contributed by atoms with Crippen LogP contribution in [0.4, 0.5) is 0 Å². The van der Waals surface area contributed by atoms with Crippen LogP contribution in [0.1, 0.15) is 13.3 Å². The van der Waals surface area contributed by atoms with Gasteiger partial charge in [-0.2, -0.15) is 0 Å². The molecule has 0 saturated heterocycles. The van der Waals surface area contributed by atoms with Crippen molar-refractivity contribution < 1.29 is 19.4 Å². The number of ether oxygens (including phenoxy) is 2. The minimum absolute atomic E-state index is 0.246. The molecule has 0 amide bonds. The molecule has 2 rings (SSSR count). The molecule has 0 aliphatic rings. The maximum absolute atomic E-state index is 12.2. The highest BCUT2D eigenvalue weighted by atomic mass is 16.5. The first-order valence-corrected chi connectivity index (χ1v) is 6.58. The average Bonchev–Trinajstić information content (AvgIpc) is 2.67. The molecule has 21 heavy (non-hydrogen) atoms. The zero-order valence-corrected chi connectivity index (χ0v) is 11.8. The molecule has 0 fully saturated rings. The second-order valence-corrected chi connectivity index (χ2v) is 4.49. The highest BCUT2D eigenvalue weighted by Crippen LogP contribution is 2.31. The van der Waals surface area contributed by atoms with Crippen LogP contribution in [0.25, 0.3) is 10.8 Å². The van der Waals surface area contributed by atoms with E-state index in [0.717, 1.165) is 0 Å². The van der Waals surface area contributed by atoms with Crippen LogP contribution in [0.15, 0.2) is 41.2 Å². The van der Waals surface area contributed by atoms with Crippen LogP contribution in [0.2, 0.25) is 0 Å². The zero-order chi connectivity index (χ0) is 15.4. The Kier molecular flexibility index (Phi) is 4.42. The molecule has 0 heterocycles. The van der Waals surface area contributed by atoms with Gasteiger partial charge in [0.25, 0.3) is 0 Å². The van der Waals surface area contributed by atoms with Crippen molar-refractivity contribution in [3.05, 3.63) is 46.6 Å². The smallest absolute Gasteiger partial charge is 0.344 e. The third-order valence-electron chi connectivity index (χ3n) is 3.17. The van der Waals surface area contributed by atoms with Crippen LogP contribution in [0.3, 0.4) is 0 Å². The number of carbonyl (C=O) groups is 1. The van der Waals surface area contributed by atoms with Crippen LogP contribution in [-0.2, 0) is 4.79 Å². The third-order valence-corrected chi connectivity index (χ3v) is 3.17. The Hall–Kier alpha value is -2.56. The fourth-order valence-corrected chi connectivity index (χ4v) is 2.12. The summed E-state index contributed by atoms with van der Waals surface area (Å²) in [5.41, 5.74) is -0.246. The number of methoxy groups -OCH3 is 1. The van der Waals surface area contributed by atoms with Gasteiger partial charge < -0.3 is 14.6 Å². The van der Waals surface area contributed by atoms with Gasteiger partial charge in [0.15, 0.2) is 11.5 Å². The van der Waals surface area contributed by atoms with E-state index in [4.69, 9.17) is 14.6 Å². The number of rotatable bonds is 5. The topological polar surface area (TPSA) is 72.8 Å². The third kappa shape index (κ3) is 2.97. The number of fused-ring (bicyclic) bond motifs is 1. The minimum atomic E-state index is -1.06. The van der Waals surface area contributed by atoms with E-state index in [2.05, 4.69) is 0 Å². The summed E-state index contributed by atoms with van der Waals surface area (Å²) in [6.45, 7) is 1.71. The van der Waals surface area contributed by atoms with Gasteiger partial charge in [0, 0.05) is 5.39 Å². The number of benzene rings is 1. The molecule has 1 atom stereocenters. The quantitative estimate of drug-likeness (QED) is 0.915. The van der Waals surface area contributed by atoms with Gasteiger partial charge in [-0.25, -0.2) is 4.79 Å². The Labute approximate surface area is 121 Å². The zero-order valence-electron chi connectivity index (χ0n) is 11.8. The summed E-state index contributed by atoms with van der Waals surface area (Å²) in [7, 11) is 1.51. The van der Waals surface area contributed by atoms with Crippen molar-refractivity contribution >= 4 is 16.7 Å². The van der Waals surface area contributed by atoms with Gasteiger partial charge in [-0.1, -0.05) is 25.1 Å². The van der Waals surface area contributed by atoms with Crippen molar-refractivity contribution in [2.24, 2.45) is 0 Å². The van der Waals surface area contributed by atoms with Crippen molar-refractivity contribution in [2.75, 3.05) is 7.11 Å². The first-order valence-electron chi connectivity index (χ1n) is 6.58. The predicted octanol–water partition coefficient (Wildman–Crippen LogP) is 2.45. The van der Waals surface area contributed by atoms with Gasteiger partial charge in [-0.05, 0) is 24.6 Å². The van der Waals surface area contributed by atoms with Crippen molar-refractivity contribution in [3.63, 3.8) is 0 Å². The highest BCUT2D eigenvalue weighted by molar-refractivity contribution is 5.93. The summed E-state index contributed by atoms with van der Waals surface area (Å²) in [6.07, 6.45) is -0.692. The molecule has 0 radical (unpaired) electrons. The second kappa shape index (κ2) is 6.26. The first-order chi connectivity index (χ1) is 10.1. The highest BCUT2D eigenvalue weighted by Gasteiger charge is 2.19. The molecular formula is C16H16O5. The number of carboxylic acid groups (broad SMARTS) is 1. The van der Waals surface area contributed by atoms with E-state index >= 15 is 0 Å². The predicted molar refractivity (Wildman–Crippen MR) is 79.1 cm³/mol. The Bertz CT molecular complexity index is 723.